The Morgan fingerprint density at radius 2 is 1.91 bits per heavy atom. The Balaban J connectivity index is 1.39. The van der Waals surface area contributed by atoms with Gasteiger partial charge in [0.15, 0.2) is 10.9 Å². The molecule has 0 fully saturated rings. The van der Waals surface area contributed by atoms with E-state index < -0.39 is 10.7 Å². The number of benzene rings is 2. The van der Waals surface area contributed by atoms with Crippen LogP contribution in [0.15, 0.2) is 67.3 Å². The highest BCUT2D eigenvalue weighted by Crippen LogP contribution is 2.24. The van der Waals surface area contributed by atoms with E-state index in [1.54, 1.807) is 54.2 Å². The molecular formula is C24H23N5O3S2. The molecule has 0 unspecified atom stereocenters. The molecule has 8 nitrogen and oxygen atoms in total. The molecule has 4 rings (SSSR count). The number of nitrogens with zero attached hydrogens (tertiary/aromatic N) is 3. The van der Waals surface area contributed by atoms with Crippen LogP contribution < -0.4 is 10.6 Å². The Morgan fingerprint density at radius 3 is 2.71 bits per heavy atom. The summed E-state index contributed by atoms with van der Waals surface area (Å²) in [5.41, 5.74) is 3.98. The predicted octanol–water partition coefficient (Wildman–Crippen LogP) is 4.13. The van der Waals surface area contributed by atoms with E-state index in [2.05, 4.69) is 25.6 Å². The van der Waals surface area contributed by atoms with Crippen molar-refractivity contribution in [3.63, 3.8) is 0 Å². The molecule has 2 heterocycles. The van der Waals surface area contributed by atoms with Crippen molar-refractivity contribution in [1.29, 1.82) is 0 Å². The summed E-state index contributed by atoms with van der Waals surface area (Å²) in [5.74, 6) is 0.286. The van der Waals surface area contributed by atoms with E-state index in [1.165, 1.54) is 0 Å². The van der Waals surface area contributed by atoms with Crippen LogP contribution >= 0.6 is 11.3 Å². The Kier molecular flexibility index (Phi) is 7.61. The first-order chi connectivity index (χ1) is 16.5. The zero-order valence-corrected chi connectivity index (χ0v) is 20.1. The molecule has 0 aliphatic carbocycles. The molecular weight excluding hydrogens is 470 g/mol. The lowest BCUT2D eigenvalue weighted by Gasteiger charge is -2.10. The molecule has 10 heteroatoms. The second-order valence-corrected chi connectivity index (χ2v) is 9.73. The first kappa shape index (κ1) is 23.5. The van der Waals surface area contributed by atoms with E-state index in [9.17, 15) is 13.2 Å². The van der Waals surface area contributed by atoms with Gasteiger partial charge in [0.05, 0.1) is 11.9 Å². The van der Waals surface area contributed by atoms with Gasteiger partial charge in [-0.3, -0.25) is 9.78 Å². The van der Waals surface area contributed by atoms with Crippen molar-refractivity contribution in [2.45, 2.75) is 25.5 Å². The zero-order chi connectivity index (χ0) is 23.9. The summed E-state index contributed by atoms with van der Waals surface area (Å²) in [5, 5.41) is 6.82. The lowest BCUT2D eigenvalue weighted by molar-refractivity contribution is 0.102. The van der Waals surface area contributed by atoms with Crippen LogP contribution in [0.2, 0.25) is 0 Å². The van der Waals surface area contributed by atoms with Gasteiger partial charge >= 0.3 is 0 Å². The normalized spacial score (nSPS) is 10.9. The SMILES string of the molecule is Cc1ccc(NC(=O)c2cccc(C[SH](=O)=O)c2)cc1CCc1cnc(Nc2cnccn2)s1. The molecule has 0 atom stereocenters. The van der Waals surface area contributed by atoms with Gasteiger partial charge in [0.2, 0.25) is 0 Å². The second kappa shape index (κ2) is 11.0. The average molecular weight is 494 g/mol. The second-order valence-electron chi connectivity index (χ2n) is 7.63. The number of hydrogen-bond donors (Lipinski definition) is 3. The van der Waals surface area contributed by atoms with Crippen LogP contribution in [-0.4, -0.2) is 29.3 Å². The largest absolute Gasteiger partial charge is 0.322 e. The van der Waals surface area contributed by atoms with Gasteiger partial charge in [0, 0.05) is 34.7 Å². The monoisotopic (exact) mass is 493 g/mol. The lowest BCUT2D eigenvalue weighted by atomic mass is 10.0. The van der Waals surface area contributed by atoms with Crippen molar-refractivity contribution in [1.82, 2.24) is 15.0 Å². The van der Waals surface area contributed by atoms with Gasteiger partial charge in [0.25, 0.3) is 5.91 Å². The van der Waals surface area contributed by atoms with Crippen LogP contribution in [0.3, 0.4) is 0 Å². The van der Waals surface area contributed by atoms with Crippen molar-refractivity contribution in [3.05, 3.63) is 94.4 Å². The molecule has 34 heavy (non-hydrogen) atoms. The molecule has 0 saturated heterocycles. The Morgan fingerprint density at radius 1 is 1.03 bits per heavy atom. The van der Waals surface area contributed by atoms with E-state index in [0.717, 1.165) is 34.0 Å². The van der Waals surface area contributed by atoms with Crippen LogP contribution in [0.4, 0.5) is 16.6 Å². The molecule has 0 aliphatic rings. The number of aryl methyl sites for hydroxylation is 3. The molecule has 0 radical (unpaired) electrons. The van der Waals surface area contributed by atoms with Crippen molar-refractivity contribution in [3.8, 4) is 0 Å². The Labute approximate surface area is 203 Å². The average Bonchev–Trinajstić information content (AvgIpc) is 3.27. The van der Waals surface area contributed by atoms with Crippen LogP contribution in [0.1, 0.15) is 31.9 Å². The van der Waals surface area contributed by atoms with Crippen LogP contribution in [0.5, 0.6) is 0 Å². The number of thiol groups is 1. The van der Waals surface area contributed by atoms with E-state index >= 15 is 0 Å². The van der Waals surface area contributed by atoms with E-state index in [1.807, 2.05) is 31.3 Å². The van der Waals surface area contributed by atoms with Crippen LogP contribution in [-0.2, 0) is 29.3 Å². The number of carbonyl (C=O) groups excluding carboxylic acids is 1. The summed E-state index contributed by atoms with van der Waals surface area (Å²) in [4.78, 5) is 26.5. The van der Waals surface area contributed by atoms with Crippen molar-refractivity contribution >= 4 is 44.6 Å². The fourth-order valence-electron chi connectivity index (χ4n) is 3.39. The van der Waals surface area contributed by atoms with E-state index in [-0.39, 0.29) is 11.7 Å². The third kappa shape index (κ3) is 6.46. The summed E-state index contributed by atoms with van der Waals surface area (Å²) in [6.45, 7) is 2.04. The maximum Gasteiger partial charge on any atom is 0.255 e. The number of anilines is 3. The topological polar surface area (TPSA) is 114 Å². The summed E-state index contributed by atoms with van der Waals surface area (Å²) in [6, 6.07) is 12.5. The highest BCUT2D eigenvalue weighted by atomic mass is 32.2. The van der Waals surface area contributed by atoms with Gasteiger partial charge in [-0.25, -0.2) is 18.4 Å². The standard InChI is InChI=1S/C24H23N5O3S2/c1-16-5-7-20(28-23(30)19-4-2-3-17(11-19)15-34(31)32)12-18(16)6-8-21-13-27-24(33-21)29-22-14-25-9-10-26-22/h2-5,7,9-14,34H,6,8,15H2,1H3,(H,28,30)(H,26,27,29). The minimum atomic E-state index is -2.54. The maximum absolute atomic E-state index is 12.7. The zero-order valence-electron chi connectivity index (χ0n) is 18.4. The van der Waals surface area contributed by atoms with E-state index in [4.69, 9.17) is 0 Å². The number of hydrogen-bond acceptors (Lipinski definition) is 8. The molecule has 4 aromatic rings. The third-order valence-electron chi connectivity index (χ3n) is 5.10. The molecule has 2 N–H and O–H groups in total. The summed E-state index contributed by atoms with van der Waals surface area (Å²) < 4.78 is 22.0. The maximum atomic E-state index is 12.7. The molecule has 0 aliphatic heterocycles. The highest BCUT2D eigenvalue weighted by Gasteiger charge is 2.10. The van der Waals surface area contributed by atoms with Gasteiger partial charge in [-0.2, -0.15) is 0 Å². The minimum absolute atomic E-state index is 0.0846. The van der Waals surface area contributed by atoms with Crippen LogP contribution in [0, 0.1) is 6.92 Å². The summed E-state index contributed by atoms with van der Waals surface area (Å²) in [6.07, 6.45) is 8.35. The first-order valence-electron chi connectivity index (χ1n) is 10.6. The summed E-state index contributed by atoms with van der Waals surface area (Å²) >= 11 is 1.57. The van der Waals surface area contributed by atoms with Gasteiger partial charge < -0.3 is 10.6 Å². The molecule has 2 aromatic carbocycles. The smallest absolute Gasteiger partial charge is 0.255 e. The number of rotatable bonds is 9. The van der Waals surface area contributed by atoms with Gasteiger partial charge in [0.1, 0.15) is 10.7 Å². The Hall–Kier alpha value is -3.63. The van der Waals surface area contributed by atoms with Gasteiger partial charge in [-0.05, 0) is 60.7 Å². The number of nitrogens with one attached hydrogen (secondary N) is 2. The molecule has 2 aromatic heterocycles. The number of carbonyl (C=O) groups is 1. The summed E-state index contributed by atoms with van der Waals surface area (Å²) in [7, 11) is -2.54. The fraction of sp³-hybridized carbons (Fsp3) is 0.167. The molecule has 1 amide bonds. The first-order valence-corrected chi connectivity index (χ1v) is 12.7. The van der Waals surface area contributed by atoms with Crippen LogP contribution in [0.25, 0.3) is 0 Å². The molecule has 0 bridgehead atoms. The quantitative estimate of drug-likeness (QED) is 0.300. The van der Waals surface area contributed by atoms with Gasteiger partial charge in [-0.1, -0.05) is 18.2 Å². The Bertz CT molecular complexity index is 1360. The van der Waals surface area contributed by atoms with Crippen molar-refractivity contribution in [2.75, 3.05) is 10.6 Å². The highest BCUT2D eigenvalue weighted by molar-refractivity contribution is 7.71. The van der Waals surface area contributed by atoms with Gasteiger partial charge in [-0.15, -0.1) is 11.3 Å². The number of amides is 1. The van der Waals surface area contributed by atoms with E-state index in [0.29, 0.717) is 22.6 Å². The molecule has 0 spiro atoms. The molecule has 0 saturated carbocycles. The number of thiazole rings is 1. The predicted molar refractivity (Wildman–Crippen MR) is 134 cm³/mol. The fourth-order valence-corrected chi connectivity index (χ4v) is 4.71. The molecule has 174 valence electrons. The number of aromatic nitrogens is 3. The lowest BCUT2D eigenvalue weighted by Crippen LogP contribution is -2.12. The van der Waals surface area contributed by atoms with Crippen molar-refractivity contribution in [2.24, 2.45) is 0 Å². The third-order valence-corrected chi connectivity index (χ3v) is 6.70. The van der Waals surface area contributed by atoms with Crippen molar-refractivity contribution < 1.29 is 13.2 Å². The minimum Gasteiger partial charge on any atom is -0.322 e.